The molecule has 2 heterocycles. The maximum Gasteiger partial charge on any atom is 0.224 e. The third-order valence-electron chi connectivity index (χ3n) is 3.35. The fourth-order valence-electron chi connectivity index (χ4n) is 2.14. The normalized spacial score (nSPS) is 13.4. The first-order valence-corrected chi connectivity index (χ1v) is 7.54. The third kappa shape index (κ3) is 2.42. The Morgan fingerprint density at radius 2 is 2.11 bits per heavy atom. The van der Waals surface area contributed by atoms with Crippen LogP contribution in [0.25, 0.3) is 0 Å². The van der Waals surface area contributed by atoms with Crippen molar-refractivity contribution in [3.05, 3.63) is 40.3 Å². The highest BCUT2D eigenvalue weighted by Crippen LogP contribution is 2.37. The molecule has 2 aromatic rings. The van der Waals surface area contributed by atoms with Crippen molar-refractivity contribution in [2.75, 3.05) is 11.1 Å². The number of nitrogens with one attached hydrogen (secondary N) is 1. The lowest BCUT2D eigenvalue weighted by Gasteiger charge is -2.13. The van der Waals surface area contributed by atoms with Gasteiger partial charge in [0.2, 0.25) is 5.28 Å². The molecule has 0 aliphatic carbocycles. The highest BCUT2D eigenvalue weighted by atomic mass is 35.5. The van der Waals surface area contributed by atoms with Crippen LogP contribution >= 0.6 is 23.4 Å². The highest BCUT2D eigenvalue weighted by molar-refractivity contribution is 7.99. The molecule has 1 aliphatic rings. The number of thioether (sulfide) groups is 1. The Kier molecular flexibility index (Phi) is 3.37. The lowest BCUT2D eigenvalue weighted by Crippen LogP contribution is -2.01. The van der Waals surface area contributed by atoms with Gasteiger partial charge in [0.15, 0.2) is 0 Å². The smallest absolute Gasteiger partial charge is 0.224 e. The first-order chi connectivity index (χ1) is 9.15. The van der Waals surface area contributed by atoms with E-state index in [4.69, 9.17) is 11.6 Å². The molecule has 3 rings (SSSR count). The van der Waals surface area contributed by atoms with E-state index in [0.717, 1.165) is 34.3 Å². The van der Waals surface area contributed by atoms with Gasteiger partial charge in [0.05, 0.1) is 10.6 Å². The summed E-state index contributed by atoms with van der Waals surface area (Å²) in [5, 5.41) is 3.71. The molecule has 0 atom stereocenters. The molecule has 19 heavy (non-hydrogen) atoms. The van der Waals surface area contributed by atoms with E-state index in [0.29, 0.717) is 5.28 Å². The number of aryl methyl sites for hydroxylation is 2. The zero-order chi connectivity index (χ0) is 13.4. The Bertz CT molecular complexity index is 643. The Morgan fingerprint density at radius 1 is 1.26 bits per heavy atom. The monoisotopic (exact) mass is 291 g/mol. The summed E-state index contributed by atoms with van der Waals surface area (Å²) in [5.41, 5.74) is 4.62. The molecule has 1 aromatic carbocycles. The summed E-state index contributed by atoms with van der Waals surface area (Å²) in [7, 11) is 0. The lowest BCUT2D eigenvalue weighted by atomic mass is 10.1. The predicted molar refractivity (Wildman–Crippen MR) is 80.7 cm³/mol. The fourth-order valence-corrected chi connectivity index (χ4v) is 3.37. The minimum atomic E-state index is 0.314. The predicted octanol–water partition coefficient (Wildman–Crippen LogP) is 4.14. The molecule has 0 amide bonds. The van der Waals surface area contributed by atoms with Crippen LogP contribution in [0.2, 0.25) is 5.28 Å². The zero-order valence-electron chi connectivity index (χ0n) is 10.8. The van der Waals surface area contributed by atoms with Gasteiger partial charge in [-0.2, -0.15) is 4.98 Å². The molecule has 0 bridgehead atoms. The van der Waals surface area contributed by atoms with Gasteiger partial charge in [-0.1, -0.05) is 12.1 Å². The number of benzene rings is 1. The van der Waals surface area contributed by atoms with Crippen LogP contribution in [-0.4, -0.2) is 15.7 Å². The molecular weight excluding hydrogens is 278 g/mol. The summed E-state index contributed by atoms with van der Waals surface area (Å²) >= 11 is 7.78. The van der Waals surface area contributed by atoms with Gasteiger partial charge < -0.3 is 5.32 Å². The highest BCUT2D eigenvalue weighted by Gasteiger charge is 2.20. The molecule has 1 N–H and O–H groups in total. The molecule has 5 heteroatoms. The number of nitrogens with zero attached hydrogens (tertiary/aromatic N) is 2. The van der Waals surface area contributed by atoms with Crippen LogP contribution < -0.4 is 5.32 Å². The minimum absolute atomic E-state index is 0.314. The van der Waals surface area contributed by atoms with Gasteiger partial charge >= 0.3 is 0 Å². The number of halogens is 1. The topological polar surface area (TPSA) is 37.8 Å². The summed E-state index contributed by atoms with van der Waals surface area (Å²) < 4.78 is 0. The van der Waals surface area contributed by atoms with E-state index in [1.807, 2.05) is 6.07 Å². The molecule has 1 aliphatic heterocycles. The maximum atomic E-state index is 5.99. The summed E-state index contributed by atoms with van der Waals surface area (Å²) in [5.74, 6) is 1.87. The van der Waals surface area contributed by atoms with Crippen LogP contribution in [0.1, 0.15) is 16.8 Å². The summed E-state index contributed by atoms with van der Waals surface area (Å²) in [4.78, 5) is 9.75. The minimum Gasteiger partial charge on any atom is -0.339 e. The van der Waals surface area contributed by atoms with Crippen LogP contribution in [0, 0.1) is 13.8 Å². The Hall–Kier alpha value is -1.26. The molecule has 0 fully saturated rings. The Balaban J connectivity index is 2.02. The molecule has 0 spiro atoms. The van der Waals surface area contributed by atoms with E-state index in [1.165, 1.54) is 11.1 Å². The number of anilines is 2. The van der Waals surface area contributed by atoms with Crippen LogP contribution in [0.15, 0.2) is 23.1 Å². The first-order valence-electron chi connectivity index (χ1n) is 6.17. The van der Waals surface area contributed by atoms with Crippen molar-refractivity contribution in [2.45, 2.75) is 25.2 Å². The van der Waals surface area contributed by atoms with Crippen molar-refractivity contribution >= 4 is 34.9 Å². The number of hydrogen-bond donors (Lipinski definition) is 1. The second-order valence-electron chi connectivity index (χ2n) is 4.59. The molecule has 1 aromatic heterocycles. The molecule has 0 saturated carbocycles. The largest absolute Gasteiger partial charge is 0.339 e. The van der Waals surface area contributed by atoms with Crippen LogP contribution in [0.4, 0.5) is 11.5 Å². The first kappa shape index (κ1) is 12.8. The maximum absolute atomic E-state index is 5.99. The van der Waals surface area contributed by atoms with E-state index in [1.54, 1.807) is 11.8 Å². The van der Waals surface area contributed by atoms with Crippen molar-refractivity contribution in [1.29, 1.82) is 0 Å². The zero-order valence-corrected chi connectivity index (χ0v) is 12.4. The molecule has 3 nitrogen and oxygen atoms in total. The second kappa shape index (κ2) is 5.02. The average molecular weight is 292 g/mol. The fraction of sp³-hybridized carbons (Fsp3) is 0.286. The van der Waals surface area contributed by atoms with Crippen LogP contribution in [0.3, 0.4) is 0 Å². The molecule has 98 valence electrons. The van der Waals surface area contributed by atoms with Gasteiger partial charge in [0.25, 0.3) is 0 Å². The molecule has 0 unspecified atom stereocenters. The van der Waals surface area contributed by atoms with Gasteiger partial charge in [0, 0.05) is 17.9 Å². The van der Waals surface area contributed by atoms with E-state index in [2.05, 4.69) is 41.3 Å². The number of fused-ring (bicyclic) bond motifs is 1. The molecule has 0 radical (unpaired) electrons. The van der Waals surface area contributed by atoms with Crippen molar-refractivity contribution in [3.8, 4) is 0 Å². The average Bonchev–Trinajstić information content (AvgIpc) is 2.83. The number of hydrogen-bond acceptors (Lipinski definition) is 4. The second-order valence-corrected chi connectivity index (χ2v) is 6.03. The van der Waals surface area contributed by atoms with E-state index < -0.39 is 0 Å². The van der Waals surface area contributed by atoms with Gasteiger partial charge in [-0.15, -0.1) is 11.8 Å². The van der Waals surface area contributed by atoms with Gasteiger partial charge in [-0.3, -0.25) is 0 Å². The van der Waals surface area contributed by atoms with Crippen molar-refractivity contribution in [3.63, 3.8) is 0 Å². The Labute approximate surface area is 121 Å². The number of rotatable bonds is 2. The Morgan fingerprint density at radius 3 is 2.95 bits per heavy atom. The van der Waals surface area contributed by atoms with Crippen LogP contribution in [0.5, 0.6) is 0 Å². The van der Waals surface area contributed by atoms with Gasteiger partial charge in [-0.05, 0) is 42.6 Å². The summed E-state index contributed by atoms with van der Waals surface area (Å²) in [6.45, 7) is 4.21. The quantitative estimate of drug-likeness (QED) is 0.844. The van der Waals surface area contributed by atoms with Crippen molar-refractivity contribution in [2.24, 2.45) is 0 Å². The summed E-state index contributed by atoms with van der Waals surface area (Å²) in [6.07, 6.45) is 0.962. The molecule has 0 saturated heterocycles. The number of aromatic nitrogens is 2. The summed E-state index contributed by atoms with van der Waals surface area (Å²) in [6, 6.07) is 6.21. The van der Waals surface area contributed by atoms with Crippen LogP contribution in [-0.2, 0) is 6.42 Å². The SMILES string of the molecule is Cc1cccc(Nc2nc(Cl)nc3c2SCC3)c1C. The van der Waals surface area contributed by atoms with E-state index in [9.17, 15) is 0 Å². The van der Waals surface area contributed by atoms with E-state index in [-0.39, 0.29) is 0 Å². The third-order valence-corrected chi connectivity index (χ3v) is 4.65. The standard InChI is InChI=1S/C14H14ClN3S/c1-8-4-3-5-10(9(8)2)16-13-12-11(6-7-19-12)17-14(15)18-13/h3-5H,6-7H2,1-2H3,(H,16,17,18). The lowest BCUT2D eigenvalue weighted by molar-refractivity contribution is 0.980. The van der Waals surface area contributed by atoms with Crippen molar-refractivity contribution < 1.29 is 0 Å². The van der Waals surface area contributed by atoms with E-state index >= 15 is 0 Å². The van der Waals surface area contributed by atoms with Crippen molar-refractivity contribution in [1.82, 2.24) is 9.97 Å². The van der Waals surface area contributed by atoms with Gasteiger partial charge in [-0.25, -0.2) is 4.98 Å². The molecular formula is C14H14ClN3S. The van der Waals surface area contributed by atoms with Gasteiger partial charge in [0.1, 0.15) is 5.82 Å².